The molecule has 3 aromatic rings. The number of aromatic nitrogens is 1. The number of amides is 2. The van der Waals surface area contributed by atoms with Crippen molar-refractivity contribution in [3.05, 3.63) is 99.0 Å². The summed E-state index contributed by atoms with van der Waals surface area (Å²) < 4.78 is 16.2. The Morgan fingerprint density at radius 2 is 1.67 bits per heavy atom. The number of allylic oxidation sites excluding steroid dienone is 2. The number of esters is 2. The maximum Gasteiger partial charge on any atom is 0.333 e. The third kappa shape index (κ3) is 10.3. The van der Waals surface area contributed by atoms with E-state index in [2.05, 4.69) is 5.32 Å². The summed E-state index contributed by atoms with van der Waals surface area (Å²) >= 11 is 1.47. The van der Waals surface area contributed by atoms with Gasteiger partial charge in [0.05, 0.1) is 30.9 Å². The molecule has 2 aromatic carbocycles. The molecule has 2 amide bonds. The van der Waals surface area contributed by atoms with Gasteiger partial charge >= 0.3 is 18.0 Å². The lowest BCUT2D eigenvalue weighted by Gasteiger charge is -2.32. The molecule has 1 atom stereocenters. The number of benzene rings is 2. The van der Waals surface area contributed by atoms with Gasteiger partial charge in [0.15, 0.2) is 0 Å². The second-order valence-electron chi connectivity index (χ2n) is 11.2. The van der Waals surface area contributed by atoms with Gasteiger partial charge in [-0.2, -0.15) is 0 Å². The third-order valence-electron chi connectivity index (χ3n) is 7.57. The van der Waals surface area contributed by atoms with Gasteiger partial charge in [0.25, 0.3) is 0 Å². The lowest BCUT2D eigenvalue weighted by atomic mass is 9.97. The molecule has 0 saturated carbocycles. The maximum absolute atomic E-state index is 13.5. The zero-order chi connectivity index (χ0) is 32.9. The number of ether oxygens (including phenoxy) is 3. The van der Waals surface area contributed by atoms with E-state index in [0.717, 1.165) is 33.2 Å². The van der Waals surface area contributed by atoms with Crippen LogP contribution in [0.5, 0.6) is 5.75 Å². The number of hydrogen-bond acceptors (Lipinski definition) is 8. The van der Waals surface area contributed by atoms with Crippen molar-refractivity contribution in [2.24, 2.45) is 5.92 Å². The molecule has 0 radical (unpaired) electrons. The van der Waals surface area contributed by atoms with Crippen LogP contribution in [0, 0.1) is 5.92 Å². The summed E-state index contributed by atoms with van der Waals surface area (Å²) in [6.45, 7) is 9.32. The number of nitrogens with one attached hydrogen (secondary N) is 1. The molecule has 4 rings (SSSR count). The van der Waals surface area contributed by atoms with E-state index in [4.69, 9.17) is 19.2 Å². The Labute approximate surface area is 275 Å². The standard InChI is InChI=1S/C36H43N3O6S/c1-5-43-34(40)26(4)20-25(3)21-30-24-46-33(37-30)32(38-36(42)39-18-16-29(17-19-39)35(41)44-6-2)22-27-12-14-31(15-13-27)45-23-28-10-8-7-9-11-28/h7-15,20-21,24,29,32H,5-6,16-19,22-23H2,1-4H3,(H,38,42)/t32-/m0/s1. The minimum absolute atomic E-state index is 0.180. The van der Waals surface area contributed by atoms with Crippen LogP contribution in [0.1, 0.15) is 68.4 Å². The van der Waals surface area contributed by atoms with Crippen LogP contribution in [-0.4, -0.2) is 54.2 Å². The smallest absolute Gasteiger partial charge is 0.333 e. The topological polar surface area (TPSA) is 107 Å². The molecule has 244 valence electrons. The summed E-state index contributed by atoms with van der Waals surface area (Å²) in [5.74, 6) is 0.0452. The van der Waals surface area contributed by atoms with Gasteiger partial charge in [-0.1, -0.05) is 42.5 Å². The monoisotopic (exact) mass is 645 g/mol. The van der Waals surface area contributed by atoms with Crippen molar-refractivity contribution in [2.45, 2.75) is 59.6 Å². The van der Waals surface area contributed by atoms with Crippen molar-refractivity contribution < 1.29 is 28.6 Å². The van der Waals surface area contributed by atoms with Gasteiger partial charge in [-0.15, -0.1) is 11.3 Å². The molecule has 46 heavy (non-hydrogen) atoms. The highest BCUT2D eigenvalue weighted by atomic mass is 32.1. The van der Waals surface area contributed by atoms with Crippen LogP contribution in [0.25, 0.3) is 6.08 Å². The summed E-state index contributed by atoms with van der Waals surface area (Å²) in [5, 5.41) is 5.91. The van der Waals surface area contributed by atoms with E-state index >= 15 is 0 Å². The molecule has 1 aliphatic heterocycles. The van der Waals surface area contributed by atoms with Crippen molar-refractivity contribution in [1.82, 2.24) is 15.2 Å². The molecule has 0 bridgehead atoms. The van der Waals surface area contributed by atoms with Crippen LogP contribution in [0.4, 0.5) is 4.79 Å². The first-order valence-corrected chi connectivity index (χ1v) is 16.6. The van der Waals surface area contributed by atoms with E-state index in [9.17, 15) is 14.4 Å². The highest BCUT2D eigenvalue weighted by Gasteiger charge is 2.30. The summed E-state index contributed by atoms with van der Waals surface area (Å²) in [7, 11) is 0. The lowest BCUT2D eigenvalue weighted by molar-refractivity contribution is -0.149. The second kappa shape index (κ2) is 17.3. The average Bonchev–Trinajstić information content (AvgIpc) is 3.53. The Bertz CT molecular complexity index is 1510. The number of piperidine rings is 1. The maximum atomic E-state index is 13.5. The van der Waals surface area contributed by atoms with E-state index in [-0.39, 0.29) is 29.9 Å². The second-order valence-corrected chi connectivity index (χ2v) is 12.1. The molecule has 1 aliphatic rings. The van der Waals surface area contributed by atoms with Crippen LogP contribution < -0.4 is 10.1 Å². The number of rotatable bonds is 13. The predicted molar refractivity (Wildman–Crippen MR) is 179 cm³/mol. The summed E-state index contributed by atoms with van der Waals surface area (Å²) in [4.78, 5) is 44.3. The van der Waals surface area contributed by atoms with Gasteiger partial charge in [0.1, 0.15) is 17.4 Å². The lowest BCUT2D eigenvalue weighted by Crippen LogP contribution is -2.47. The molecular formula is C36H43N3O6S. The Balaban J connectivity index is 1.47. The zero-order valence-electron chi connectivity index (χ0n) is 27.0. The van der Waals surface area contributed by atoms with Crippen LogP contribution in [-0.2, 0) is 32.1 Å². The Morgan fingerprint density at radius 3 is 2.35 bits per heavy atom. The van der Waals surface area contributed by atoms with Crippen LogP contribution in [0.15, 0.2) is 77.2 Å². The Kier molecular flexibility index (Phi) is 13.0. The first-order valence-electron chi connectivity index (χ1n) is 15.7. The molecule has 10 heteroatoms. The first kappa shape index (κ1) is 34.4. The Hall–Kier alpha value is -4.44. The van der Waals surface area contributed by atoms with Crippen molar-refractivity contribution in [3.63, 3.8) is 0 Å². The molecule has 1 aromatic heterocycles. The Morgan fingerprint density at radius 1 is 0.978 bits per heavy atom. The number of carbonyl (C=O) groups is 3. The van der Waals surface area contributed by atoms with Crippen LogP contribution in [0.3, 0.4) is 0 Å². The highest BCUT2D eigenvalue weighted by molar-refractivity contribution is 7.09. The fraction of sp³-hybridized carbons (Fsp3) is 0.389. The molecule has 1 saturated heterocycles. The largest absolute Gasteiger partial charge is 0.489 e. The van der Waals surface area contributed by atoms with Crippen molar-refractivity contribution in [1.29, 1.82) is 0 Å². The van der Waals surface area contributed by atoms with E-state index < -0.39 is 0 Å². The van der Waals surface area contributed by atoms with E-state index in [1.165, 1.54) is 11.3 Å². The normalized spacial score (nSPS) is 14.8. The molecule has 2 heterocycles. The van der Waals surface area contributed by atoms with Gasteiger partial charge in [-0.3, -0.25) is 4.79 Å². The predicted octanol–water partition coefficient (Wildman–Crippen LogP) is 6.90. The zero-order valence-corrected chi connectivity index (χ0v) is 27.8. The third-order valence-corrected chi connectivity index (χ3v) is 8.54. The molecule has 9 nitrogen and oxygen atoms in total. The number of thiazole rings is 1. The van der Waals surface area contributed by atoms with Crippen molar-refractivity contribution >= 4 is 35.4 Å². The number of hydrogen-bond donors (Lipinski definition) is 1. The van der Waals surface area contributed by atoms with Gasteiger partial charge in [0.2, 0.25) is 0 Å². The molecule has 0 unspecified atom stereocenters. The van der Waals surface area contributed by atoms with Gasteiger partial charge < -0.3 is 24.4 Å². The minimum atomic E-state index is -0.379. The fourth-order valence-electron chi connectivity index (χ4n) is 5.16. The minimum Gasteiger partial charge on any atom is -0.489 e. The van der Waals surface area contributed by atoms with Gasteiger partial charge in [0, 0.05) is 24.0 Å². The van der Waals surface area contributed by atoms with Gasteiger partial charge in [-0.25, -0.2) is 14.6 Å². The average molecular weight is 646 g/mol. The van der Waals surface area contributed by atoms with E-state index in [0.29, 0.717) is 57.7 Å². The number of likely N-dealkylation sites (tertiary alicyclic amines) is 1. The van der Waals surface area contributed by atoms with Gasteiger partial charge in [-0.05, 0) is 87.9 Å². The molecule has 1 fully saturated rings. The summed E-state index contributed by atoms with van der Waals surface area (Å²) in [6.07, 6.45) is 5.36. The number of nitrogens with zero attached hydrogens (tertiary/aromatic N) is 2. The van der Waals surface area contributed by atoms with E-state index in [1.54, 1.807) is 31.7 Å². The van der Waals surface area contributed by atoms with Crippen LogP contribution in [0.2, 0.25) is 0 Å². The molecule has 0 spiro atoms. The quantitative estimate of drug-likeness (QED) is 0.122. The highest BCUT2D eigenvalue weighted by Crippen LogP contribution is 2.26. The molecule has 0 aliphatic carbocycles. The van der Waals surface area contributed by atoms with E-state index in [1.807, 2.05) is 73.0 Å². The summed E-state index contributed by atoms with van der Waals surface area (Å²) in [6, 6.07) is 17.3. The fourth-order valence-corrected chi connectivity index (χ4v) is 5.99. The van der Waals surface area contributed by atoms with Crippen molar-refractivity contribution in [2.75, 3.05) is 26.3 Å². The molecule has 1 N–H and O–H groups in total. The number of urea groups is 1. The van der Waals surface area contributed by atoms with Crippen molar-refractivity contribution in [3.8, 4) is 5.75 Å². The molecular weight excluding hydrogens is 602 g/mol. The number of carbonyl (C=O) groups excluding carboxylic acids is 3. The van der Waals surface area contributed by atoms with Crippen LogP contribution >= 0.6 is 11.3 Å². The summed E-state index contributed by atoms with van der Waals surface area (Å²) in [5.41, 5.74) is 4.23. The first-order chi connectivity index (χ1) is 22.2. The SMILES string of the molecule is CCOC(=O)C(C)=CC(C)=Cc1csc([C@H](Cc2ccc(OCc3ccccc3)cc2)NC(=O)N2CCC(C(=O)OCC)CC2)n1.